The lowest BCUT2D eigenvalue weighted by Crippen LogP contribution is -2.47. The van der Waals surface area contributed by atoms with Crippen molar-refractivity contribution in [3.05, 3.63) is 18.5 Å². The van der Waals surface area contributed by atoms with Gasteiger partial charge >= 0.3 is 0 Å². The maximum absolute atomic E-state index is 5.58. The van der Waals surface area contributed by atoms with E-state index in [1.165, 1.54) is 11.8 Å². The van der Waals surface area contributed by atoms with Crippen LogP contribution in [0.15, 0.2) is 28.5 Å². The Labute approximate surface area is 169 Å². The van der Waals surface area contributed by atoms with E-state index < -0.39 is 0 Å². The highest BCUT2D eigenvalue weighted by Crippen LogP contribution is 2.39. The van der Waals surface area contributed by atoms with Crippen molar-refractivity contribution < 1.29 is 9.47 Å². The van der Waals surface area contributed by atoms with Gasteiger partial charge in [0.15, 0.2) is 5.16 Å². The first-order chi connectivity index (χ1) is 13.7. The molecule has 0 aromatic carbocycles. The number of piperazine rings is 1. The molecule has 0 atom stereocenters. The largest absolute Gasteiger partial charge is 0.480 e. The second kappa shape index (κ2) is 10.4. The Kier molecular flexibility index (Phi) is 7.63. The van der Waals surface area contributed by atoms with Gasteiger partial charge in [0.2, 0.25) is 17.7 Å². The molecule has 2 aromatic rings. The van der Waals surface area contributed by atoms with Gasteiger partial charge in [0.1, 0.15) is 4.90 Å². The zero-order valence-corrected chi connectivity index (χ0v) is 17.2. The second-order valence-corrected chi connectivity index (χ2v) is 7.31. The van der Waals surface area contributed by atoms with Gasteiger partial charge in [0.05, 0.1) is 14.2 Å². The monoisotopic (exact) mass is 405 g/mol. The molecule has 2 N–H and O–H groups in total. The van der Waals surface area contributed by atoms with E-state index in [9.17, 15) is 0 Å². The van der Waals surface area contributed by atoms with Gasteiger partial charge in [-0.3, -0.25) is 4.90 Å². The van der Waals surface area contributed by atoms with Gasteiger partial charge < -0.3 is 20.1 Å². The van der Waals surface area contributed by atoms with Crippen molar-refractivity contribution in [2.24, 2.45) is 5.73 Å². The lowest BCUT2D eigenvalue weighted by atomic mass is 10.2. The molecule has 0 aliphatic carbocycles. The Morgan fingerprint density at radius 1 is 1.00 bits per heavy atom. The Morgan fingerprint density at radius 3 is 2.21 bits per heavy atom. The van der Waals surface area contributed by atoms with Crippen molar-refractivity contribution in [2.75, 3.05) is 58.4 Å². The molecule has 2 aromatic heterocycles. The molecular formula is C18H27N7O2S. The third-order valence-corrected chi connectivity index (χ3v) is 5.44. The summed E-state index contributed by atoms with van der Waals surface area (Å²) in [5.41, 5.74) is 5.58. The molecular weight excluding hydrogens is 378 g/mol. The molecule has 152 valence electrons. The van der Waals surface area contributed by atoms with E-state index in [2.05, 4.69) is 29.7 Å². The fourth-order valence-corrected chi connectivity index (χ4v) is 3.83. The lowest BCUT2D eigenvalue weighted by molar-refractivity contribution is 0.251. The summed E-state index contributed by atoms with van der Waals surface area (Å²) in [4.78, 5) is 23.0. The number of anilines is 1. The second-order valence-electron chi connectivity index (χ2n) is 6.33. The van der Waals surface area contributed by atoms with Gasteiger partial charge in [-0.1, -0.05) is 0 Å². The van der Waals surface area contributed by atoms with Crippen molar-refractivity contribution in [2.45, 2.75) is 22.9 Å². The average Bonchev–Trinajstić information content (AvgIpc) is 2.75. The number of aromatic nitrogens is 4. The highest BCUT2D eigenvalue weighted by atomic mass is 32.2. The number of nitrogens with zero attached hydrogens (tertiary/aromatic N) is 6. The van der Waals surface area contributed by atoms with Gasteiger partial charge in [-0.25, -0.2) is 9.97 Å². The first-order valence-corrected chi connectivity index (χ1v) is 10.2. The number of nitrogens with two attached hydrogens (primary N) is 1. The molecule has 10 heteroatoms. The van der Waals surface area contributed by atoms with Crippen LogP contribution in [0, 0.1) is 0 Å². The summed E-state index contributed by atoms with van der Waals surface area (Å²) in [6, 6.07) is 1.77. The zero-order valence-electron chi connectivity index (χ0n) is 16.4. The predicted octanol–water partition coefficient (Wildman–Crippen LogP) is 1.30. The highest BCUT2D eigenvalue weighted by Gasteiger charge is 2.24. The summed E-state index contributed by atoms with van der Waals surface area (Å²) in [6.07, 6.45) is 5.59. The van der Waals surface area contributed by atoms with Crippen LogP contribution in [0.4, 0.5) is 5.95 Å². The SMILES string of the molecule is COc1nc(N2CCN(CCCCN)CC2)nc(OC)c1Sc1ncccn1. The molecule has 0 bridgehead atoms. The molecule has 9 nitrogen and oxygen atoms in total. The van der Waals surface area contributed by atoms with Crippen molar-refractivity contribution >= 4 is 17.7 Å². The van der Waals surface area contributed by atoms with Crippen LogP contribution in [-0.2, 0) is 0 Å². The van der Waals surface area contributed by atoms with Gasteiger partial charge in [-0.05, 0) is 43.8 Å². The van der Waals surface area contributed by atoms with Crippen LogP contribution in [0.1, 0.15) is 12.8 Å². The molecule has 1 fully saturated rings. The van der Waals surface area contributed by atoms with Gasteiger partial charge in [0, 0.05) is 38.6 Å². The van der Waals surface area contributed by atoms with E-state index in [0.29, 0.717) is 27.8 Å². The molecule has 0 amide bonds. The predicted molar refractivity (Wildman–Crippen MR) is 108 cm³/mol. The van der Waals surface area contributed by atoms with Crippen LogP contribution in [-0.4, -0.2) is 78.3 Å². The summed E-state index contributed by atoms with van der Waals surface area (Å²) in [6.45, 7) is 5.53. The summed E-state index contributed by atoms with van der Waals surface area (Å²) in [5.74, 6) is 1.54. The van der Waals surface area contributed by atoms with E-state index in [4.69, 9.17) is 15.2 Å². The first kappa shape index (κ1) is 20.6. The molecule has 0 radical (unpaired) electrons. The molecule has 1 aliphatic rings. The molecule has 0 saturated carbocycles. The number of rotatable bonds is 9. The van der Waals surface area contributed by atoms with E-state index in [0.717, 1.165) is 52.1 Å². The standard InChI is InChI=1S/C18H27N7O2S/c1-26-15-14(28-18-20-7-5-8-21-18)16(27-2)23-17(22-15)25-12-10-24(11-13-25)9-4-3-6-19/h5,7-8H,3-4,6,9-13,19H2,1-2H3. The average molecular weight is 406 g/mol. The first-order valence-electron chi connectivity index (χ1n) is 9.37. The molecule has 0 unspecified atom stereocenters. The van der Waals surface area contributed by atoms with Crippen LogP contribution in [0.3, 0.4) is 0 Å². The molecule has 3 rings (SSSR count). The zero-order chi connectivity index (χ0) is 19.8. The topological polar surface area (TPSA) is 103 Å². The van der Waals surface area contributed by atoms with Crippen LogP contribution in [0.25, 0.3) is 0 Å². The Balaban J connectivity index is 1.73. The molecule has 1 aliphatic heterocycles. The summed E-state index contributed by atoms with van der Waals surface area (Å²) in [7, 11) is 3.19. The number of hydrogen-bond acceptors (Lipinski definition) is 10. The number of hydrogen-bond donors (Lipinski definition) is 1. The van der Waals surface area contributed by atoms with Gasteiger partial charge in [-0.2, -0.15) is 9.97 Å². The Morgan fingerprint density at radius 2 is 1.64 bits per heavy atom. The van der Waals surface area contributed by atoms with Crippen LogP contribution in [0.2, 0.25) is 0 Å². The van der Waals surface area contributed by atoms with Crippen LogP contribution < -0.4 is 20.1 Å². The van der Waals surface area contributed by atoms with Crippen molar-refractivity contribution in [3.8, 4) is 11.8 Å². The van der Waals surface area contributed by atoms with E-state index in [-0.39, 0.29) is 0 Å². The van der Waals surface area contributed by atoms with Crippen molar-refractivity contribution in [3.63, 3.8) is 0 Å². The minimum Gasteiger partial charge on any atom is -0.480 e. The molecule has 28 heavy (non-hydrogen) atoms. The van der Waals surface area contributed by atoms with Gasteiger partial charge in [-0.15, -0.1) is 0 Å². The van der Waals surface area contributed by atoms with Gasteiger partial charge in [0.25, 0.3) is 0 Å². The lowest BCUT2D eigenvalue weighted by Gasteiger charge is -2.34. The minimum absolute atomic E-state index is 0.463. The number of methoxy groups -OCH3 is 2. The normalized spacial score (nSPS) is 14.9. The number of ether oxygens (including phenoxy) is 2. The van der Waals surface area contributed by atoms with Crippen molar-refractivity contribution in [1.29, 1.82) is 0 Å². The summed E-state index contributed by atoms with van der Waals surface area (Å²) in [5, 5.41) is 0.585. The third kappa shape index (κ3) is 5.21. The Hall–Kier alpha value is -2.17. The quantitative estimate of drug-likeness (QED) is 0.485. The van der Waals surface area contributed by atoms with Crippen LogP contribution >= 0.6 is 11.8 Å². The van der Waals surface area contributed by atoms with Crippen molar-refractivity contribution in [1.82, 2.24) is 24.8 Å². The maximum atomic E-state index is 5.58. The fourth-order valence-electron chi connectivity index (χ4n) is 2.99. The third-order valence-electron chi connectivity index (χ3n) is 4.50. The van der Waals surface area contributed by atoms with E-state index >= 15 is 0 Å². The fraction of sp³-hybridized carbons (Fsp3) is 0.556. The smallest absolute Gasteiger partial charge is 0.236 e. The van der Waals surface area contributed by atoms with Crippen LogP contribution in [0.5, 0.6) is 11.8 Å². The summed E-state index contributed by atoms with van der Waals surface area (Å²) >= 11 is 1.32. The summed E-state index contributed by atoms with van der Waals surface area (Å²) < 4.78 is 11.0. The highest BCUT2D eigenvalue weighted by molar-refractivity contribution is 7.99. The molecule has 1 saturated heterocycles. The molecule has 3 heterocycles. The molecule has 0 spiro atoms. The van der Waals surface area contributed by atoms with E-state index in [1.807, 2.05) is 0 Å². The van der Waals surface area contributed by atoms with E-state index in [1.54, 1.807) is 32.7 Å². The Bertz CT molecular complexity index is 717. The maximum Gasteiger partial charge on any atom is 0.236 e. The number of unbranched alkanes of at least 4 members (excludes halogenated alkanes) is 1. The minimum atomic E-state index is 0.463.